The molecule has 21 heavy (non-hydrogen) atoms. The van der Waals surface area contributed by atoms with Gasteiger partial charge in [0.15, 0.2) is 6.16 Å². The van der Waals surface area contributed by atoms with Crippen LogP contribution in [0, 0.1) is 20.8 Å². The maximum Gasteiger partial charge on any atom is 0.423 e. The van der Waals surface area contributed by atoms with E-state index in [4.69, 9.17) is 4.74 Å². The number of ether oxygens (including phenoxy) is 1. The molecule has 1 aromatic carbocycles. The van der Waals surface area contributed by atoms with E-state index in [0.717, 1.165) is 16.7 Å². The molecule has 0 N–H and O–H groups in total. The van der Waals surface area contributed by atoms with Gasteiger partial charge in [-0.25, -0.2) is 9.59 Å². The second kappa shape index (κ2) is 7.28. The first-order valence-corrected chi connectivity index (χ1v) is 8.08. The molecule has 0 bridgehead atoms. The molecule has 1 unspecified atom stereocenters. The van der Waals surface area contributed by atoms with Crippen molar-refractivity contribution in [2.24, 2.45) is 0 Å². The van der Waals surface area contributed by atoms with Gasteiger partial charge in [-0.15, -0.1) is 0 Å². The van der Waals surface area contributed by atoms with E-state index < -0.39 is 13.8 Å². The first-order chi connectivity index (χ1) is 9.73. The number of aryl methyl sites for hydroxylation is 3. The van der Waals surface area contributed by atoms with Crippen LogP contribution in [0.1, 0.15) is 34.0 Å². The van der Waals surface area contributed by atoms with E-state index in [-0.39, 0.29) is 23.9 Å². The van der Waals surface area contributed by atoms with Crippen LogP contribution in [0.2, 0.25) is 0 Å². The Balaban J connectivity index is 2.74. The van der Waals surface area contributed by atoms with Crippen molar-refractivity contribution in [3.63, 3.8) is 0 Å². The molecule has 1 rings (SSSR count). The Labute approximate surface area is 126 Å². The Hall–Kier alpha value is -1.80. The lowest BCUT2D eigenvalue weighted by atomic mass is 10.0. The Kier molecular flexibility index (Phi) is 5.98. The standard InChI is InChI=1S/C16H20O4P/c1-10(2)15(17)20-6-7-21(19)16(18)14-12(4)8-11(3)9-13(14)5/h8-9H,1,6-7H2,2-5H3/q+1. The summed E-state index contributed by atoms with van der Waals surface area (Å²) < 4.78 is 16.9. The third kappa shape index (κ3) is 4.61. The predicted molar refractivity (Wildman–Crippen MR) is 83.2 cm³/mol. The first kappa shape index (κ1) is 17.3. The average molecular weight is 307 g/mol. The van der Waals surface area contributed by atoms with Gasteiger partial charge in [0, 0.05) is 5.57 Å². The zero-order chi connectivity index (χ0) is 16.2. The molecule has 5 heteroatoms. The lowest BCUT2D eigenvalue weighted by Crippen LogP contribution is -2.10. The molecule has 0 amide bonds. The zero-order valence-electron chi connectivity index (χ0n) is 12.9. The van der Waals surface area contributed by atoms with Gasteiger partial charge in [-0.05, 0) is 38.8 Å². The van der Waals surface area contributed by atoms with E-state index in [1.807, 2.05) is 32.9 Å². The number of hydrogen-bond acceptors (Lipinski definition) is 4. The normalized spacial score (nSPS) is 11.0. The highest BCUT2D eigenvalue weighted by Crippen LogP contribution is 2.30. The highest BCUT2D eigenvalue weighted by Gasteiger charge is 2.32. The molecule has 0 heterocycles. The highest BCUT2D eigenvalue weighted by atomic mass is 31.1. The molecule has 0 fully saturated rings. The molecule has 112 valence electrons. The Morgan fingerprint density at radius 3 is 2.19 bits per heavy atom. The van der Waals surface area contributed by atoms with Crippen LogP contribution in [-0.4, -0.2) is 24.3 Å². The zero-order valence-corrected chi connectivity index (χ0v) is 13.8. The summed E-state index contributed by atoms with van der Waals surface area (Å²) in [7, 11) is -2.11. The van der Waals surface area contributed by atoms with E-state index in [9.17, 15) is 14.2 Å². The largest absolute Gasteiger partial charge is 0.458 e. The van der Waals surface area contributed by atoms with E-state index in [0.29, 0.717) is 5.56 Å². The van der Waals surface area contributed by atoms with Crippen LogP contribution >= 0.6 is 7.80 Å². The van der Waals surface area contributed by atoms with Crippen LogP contribution in [0.4, 0.5) is 0 Å². The fraction of sp³-hybridized carbons (Fsp3) is 0.375. The van der Waals surface area contributed by atoms with Gasteiger partial charge in [0.25, 0.3) is 0 Å². The highest BCUT2D eigenvalue weighted by molar-refractivity contribution is 7.64. The molecule has 1 aromatic rings. The van der Waals surface area contributed by atoms with Crippen molar-refractivity contribution < 1.29 is 18.9 Å². The first-order valence-electron chi connectivity index (χ1n) is 6.63. The topological polar surface area (TPSA) is 60.4 Å². The molecular weight excluding hydrogens is 287 g/mol. The number of rotatable bonds is 6. The van der Waals surface area contributed by atoms with E-state index in [1.165, 1.54) is 6.92 Å². The summed E-state index contributed by atoms with van der Waals surface area (Å²) in [6, 6.07) is 3.79. The molecule has 0 saturated heterocycles. The van der Waals surface area contributed by atoms with E-state index in [2.05, 4.69) is 6.58 Å². The average Bonchev–Trinajstić information content (AvgIpc) is 2.36. The van der Waals surface area contributed by atoms with Gasteiger partial charge >= 0.3 is 19.3 Å². The van der Waals surface area contributed by atoms with Crippen LogP contribution < -0.4 is 0 Å². The van der Waals surface area contributed by atoms with Crippen LogP contribution in [-0.2, 0) is 14.1 Å². The van der Waals surface area contributed by atoms with Gasteiger partial charge in [-0.2, -0.15) is 0 Å². The molecule has 0 aliphatic heterocycles. The fourth-order valence-electron chi connectivity index (χ4n) is 2.09. The van der Waals surface area contributed by atoms with Crippen LogP contribution in [0.15, 0.2) is 24.3 Å². The molecule has 0 aliphatic carbocycles. The summed E-state index contributed by atoms with van der Waals surface area (Å²) >= 11 is 0. The van der Waals surface area contributed by atoms with Crippen molar-refractivity contribution >= 4 is 19.3 Å². The minimum absolute atomic E-state index is 0.0277. The minimum Gasteiger partial charge on any atom is -0.458 e. The molecular formula is C16H20O4P+. The van der Waals surface area contributed by atoms with Gasteiger partial charge in [-0.3, -0.25) is 0 Å². The number of carbonyl (C=O) groups is 2. The van der Waals surface area contributed by atoms with Crippen molar-refractivity contribution in [2.45, 2.75) is 27.7 Å². The van der Waals surface area contributed by atoms with Gasteiger partial charge in [0.05, 0.1) is 5.56 Å². The smallest absolute Gasteiger partial charge is 0.423 e. The summed E-state index contributed by atoms with van der Waals surface area (Å²) in [4.78, 5) is 23.5. The fourth-order valence-corrected chi connectivity index (χ4v) is 3.15. The Morgan fingerprint density at radius 1 is 1.19 bits per heavy atom. The summed E-state index contributed by atoms with van der Waals surface area (Å²) in [5, 5.41) is 0. The maximum atomic E-state index is 12.3. The predicted octanol–water partition coefficient (Wildman–Crippen LogP) is 3.70. The summed E-state index contributed by atoms with van der Waals surface area (Å²) in [5.74, 6) is -0.534. The van der Waals surface area contributed by atoms with E-state index >= 15 is 0 Å². The van der Waals surface area contributed by atoms with Gasteiger partial charge in [-0.1, -0.05) is 28.8 Å². The summed E-state index contributed by atoms with van der Waals surface area (Å²) in [6.07, 6.45) is 0.0277. The third-order valence-electron chi connectivity index (χ3n) is 2.99. The number of esters is 1. The molecule has 0 spiro atoms. The maximum absolute atomic E-state index is 12.3. The summed E-state index contributed by atoms with van der Waals surface area (Å²) in [5.41, 5.74) is 3.10. The number of hydrogen-bond donors (Lipinski definition) is 0. The van der Waals surface area contributed by atoms with Gasteiger partial charge in [0.2, 0.25) is 0 Å². The van der Waals surface area contributed by atoms with Gasteiger partial charge < -0.3 is 4.74 Å². The second-order valence-corrected chi connectivity index (χ2v) is 6.71. The monoisotopic (exact) mass is 307 g/mol. The van der Waals surface area contributed by atoms with Crippen molar-refractivity contribution in [2.75, 3.05) is 12.8 Å². The van der Waals surface area contributed by atoms with Gasteiger partial charge in [0.1, 0.15) is 6.61 Å². The molecule has 0 radical (unpaired) electrons. The second-order valence-electron chi connectivity index (χ2n) is 5.10. The lowest BCUT2D eigenvalue weighted by Gasteiger charge is -2.05. The van der Waals surface area contributed by atoms with Crippen LogP contribution in [0.5, 0.6) is 0 Å². The molecule has 1 atom stereocenters. The summed E-state index contributed by atoms with van der Waals surface area (Å²) in [6.45, 7) is 10.6. The minimum atomic E-state index is -2.11. The van der Waals surface area contributed by atoms with Crippen molar-refractivity contribution in [3.05, 3.63) is 46.5 Å². The lowest BCUT2D eigenvalue weighted by molar-refractivity contribution is -0.138. The SMILES string of the molecule is C=C(C)C(=O)OCC[P+](=O)C(=O)c1c(C)cc(C)cc1C. The quantitative estimate of drug-likeness (QED) is 0.457. The number of carbonyl (C=O) groups excluding carboxylic acids is 2. The molecule has 0 aromatic heterocycles. The Bertz CT molecular complexity index is 594. The van der Waals surface area contributed by atoms with Crippen molar-refractivity contribution in [1.82, 2.24) is 0 Å². The molecule has 0 aliphatic rings. The number of benzene rings is 1. The van der Waals surface area contributed by atoms with Crippen LogP contribution in [0.3, 0.4) is 0 Å². The van der Waals surface area contributed by atoms with Crippen LogP contribution in [0.25, 0.3) is 0 Å². The Morgan fingerprint density at radius 2 is 1.71 bits per heavy atom. The van der Waals surface area contributed by atoms with Crippen molar-refractivity contribution in [3.8, 4) is 0 Å². The van der Waals surface area contributed by atoms with E-state index in [1.54, 1.807) is 0 Å². The molecule has 0 saturated carbocycles. The van der Waals surface area contributed by atoms with Crippen molar-refractivity contribution in [1.29, 1.82) is 0 Å². The molecule has 4 nitrogen and oxygen atoms in total. The third-order valence-corrected chi connectivity index (χ3v) is 4.26.